The third kappa shape index (κ3) is 4.61. The van der Waals surface area contributed by atoms with Crippen molar-refractivity contribution in [1.29, 1.82) is 0 Å². The van der Waals surface area contributed by atoms with Gasteiger partial charge in [-0.3, -0.25) is 5.32 Å². The molecule has 1 aliphatic carbocycles. The first-order valence-electron chi connectivity index (χ1n) is 9.74. The number of aromatic nitrogens is 1. The molecule has 2 aliphatic rings. The first-order valence-corrected chi connectivity index (χ1v) is 12.0. The average molecular weight is 436 g/mol. The van der Waals surface area contributed by atoms with Crippen molar-refractivity contribution in [3.63, 3.8) is 0 Å². The fourth-order valence-electron chi connectivity index (χ4n) is 3.37. The van der Waals surface area contributed by atoms with Crippen LogP contribution in [-0.2, 0) is 10.0 Å². The van der Waals surface area contributed by atoms with E-state index in [2.05, 4.69) is 20.5 Å². The minimum Gasteiger partial charge on any atom is -0.308 e. The smallest absolute Gasteiger partial charge is 0.308 e. The van der Waals surface area contributed by atoms with Crippen LogP contribution in [0.2, 0.25) is 0 Å². The first kappa shape index (κ1) is 20.3. The number of amides is 2. The van der Waals surface area contributed by atoms with E-state index in [1.165, 1.54) is 51.9 Å². The fraction of sp³-hybridized carbons (Fsp3) is 0.474. The molecule has 0 bridgehead atoms. The van der Waals surface area contributed by atoms with Gasteiger partial charge in [0.05, 0.1) is 4.90 Å². The van der Waals surface area contributed by atoms with Gasteiger partial charge in [-0.1, -0.05) is 6.42 Å². The van der Waals surface area contributed by atoms with Crippen LogP contribution in [0.5, 0.6) is 0 Å². The molecule has 29 heavy (non-hydrogen) atoms. The zero-order valence-corrected chi connectivity index (χ0v) is 17.9. The first-order chi connectivity index (χ1) is 13.9. The molecular weight excluding hydrogens is 410 g/mol. The highest BCUT2D eigenvalue weighted by atomic mass is 32.2. The lowest BCUT2D eigenvalue weighted by Gasteiger charge is -2.31. The molecule has 4 rings (SSSR count). The van der Waals surface area contributed by atoms with Gasteiger partial charge in [0.25, 0.3) is 0 Å². The Morgan fingerprint density at radius 3 is 2.41 bits per heavy atom. The molecule has 1 aliphatic heterocycles. The molecule has 2 amide bonds. The van der Waals surface area contributed by atoms with Crippen LogP contribution < -0.4 is 10.6 Å². The van der Waals surface area contributed by atoms with Crippen molar-refractivity contribution in [2.75, 3.05) is 43.9 Å². The predicted molar refractivity (Wildman–Crippen MR) is 114 cm³/mol. The SMILES string of the molecule is CN1CCN(S(=O)(=O)c2ccc(NC(=O)Nc3ncc(C4CCC4)s3)cc2)CC1. The highest BCUT2D eigenvalue weighted by molar-refractivity contribution is 7.89. The molecule has 2 aromatic rings. The number of piperazine rings is 1. The molecule has 2 heterocycles. The van der Waals surface area contributed by atoms with E-state index in [4.69, 9.17) is 0 Å². The second-order valence-electron chi connectivity index (χ2n) is 7.51. The van der Waals surface area contributed by atoms with Crippen LogP contribution in [0.3, 0.4) is 0 Å². The summed E-state index contributed by atoms with van der Waals surface area (Å²) in [5.41, 5.74) is 0.524. The van der Waals surface area contributed by atoms with Crippen molar-refractivity contribution in [3.8, 4) is 0 Å². The predicted octanol–water partition coefficient (Wildman–Crippen LogP) is 2.99. The molecule has 0 radical (unpaired) electrons. The van der Waals surface area contributed by atoms with Crippen molar-refractivity contribution in [2.45, 2.75) is 30.1 Å². The van der Waals surface area contributed by atoms with Gasteiger partial charge in [-0.2, -0.15) is 4.31 Å². The molecule has 1 aromatic heterocycles. The van der Waals surface area contributed by atoms with E-state index in [1.807, 2.05) is 13.2 Å². The second kappa shape index (κ2) is 8.39. The molecule has 156 valence electrons. The molecule has 0 atom stereocenters. The number of urea groups is 1. The van der Waals surface area contributed by atoms with Crippen molar-refractivity contribution < 1.29 is 13.2 Å². The Morgan fingerprint density at radius 2 is 1.79 bits per heavy atom. The summed E-state index contributed by atoms with van der Waals surface area (Å²) < 4.78 is 27.0. The van der Waals surface area contributed by atoms with E-state index in [9.17, 15) is 13.2 Å². The molecule has 8 nitrogen and oxygen atoms in total. The van der Waals surface area contributed by atoms with Gasteiger partial charge in [0.2, 0.25) is 10.0 Å². The second-order valence-corrected chi connectivity index (χ2v) is 10.5. The third-order valence-corrected chi connectivity index (χ3v) is 8.45. The monoisotopic (exact) mass is 435 g/mol. The molecule has 0 spiro atoms. The minimum absolute atomic E-state index is 0.234. The number of carbonyl (C=O) groups excluding carboxylic acids is 1. The van der Waals surface area contributed by atoms with Gasteiger partial charge < -0.3 is 10.2 Å². The van der Waals surface area contributed by atoms with Crippen LogP contribution in [0, 0.1) is 0 Å². The Kier molecular flexibility index (Phi) is 5.86. The van der Waals surface area contributed by atoms with Gasteiger partial charge in [-0.25, -0.2) is 18.2 Å². The number of likely N-dealkylation sites (N-methyl/N-ethyl adjacent to an activating group) is 1. The molecule has 0 unspecified atom stereocenters. The lowest BCUT2D eigenvalue weighted by atomic mass is 9.85. The molecule has 10 heteroatoms. The Balaban J connectivity index is 1.35. The summed E-state index contributed by atoms with van der Waals surface area (Å²) in [6, 6.07) is 5.87. The number of thiazole rings is 1. The van der Waals surface area contributed by atoms with E-state index in [1.54, 1.807) is 12.1 Å². The van der Waals surface area contributed by atoms with Crippen molar-refractivity contribution >= 4 is 38.2 Å². The van der Waals surface area contributed by atoms with Crippen LogP contribution in [0.1, 0.15) is 30.1 Å². The molecule has 1 aromatic carbocycles. The van der Waals surface area contributed by atoms with Crippen LogP contribution in [0.4, 0.5) is 15.6 Å². The van der Waals surface area contributed by atoms with Gasteiger partial charge >= 0.3 is 6.03 Å². The van der Waals surface area contributed by atoms with Gasteiger partial charge in [0, 0.05) is 42.9 Å². The molecule has 1 saturated carbocycles. The lowest BCUT2D eigenvalue weighted by molar-refractivity contribution is 0.222. The molecule has 1 saturated heterocycles. The van der Waals surface area contributed by atoms with Gasteiger partial charge in [-0.05, 0) is 50.1 Å². The number of rotatable bonds is 5. The maximum absolute atomic E-state index is 12.8. The number of carbonyl (C=O) groups is 1. The van der Waals surface area contributed by atoms with Crippen molar-refractivity contribution in [1.82, 2.24) is 14.2 Å². The van der Waals surface area contributed by atoms with Gasteiger partial charge in [0.1, 0.15) is 0 Å². The maximum Gasteiger partial charge on any atom is 0.325 e. The lowest BCUT2D eigenvalue weighted by Crippen LogP contribution is -2.46. The summed E-state index contributed by atoms with van der Waals surface area (Å²) in [6.45, 7) is 2.41. The number of benzene rings is 1. The quantitative estimate of drug-likeness (QED) is 0.753. The summed E-state index contributed by atoms with van der Waals surface area (Å²) in [5, 5.41) is 6.03. The van der Waals surface area contributed by atoms with Crippen molar-refractivity contribution in [3.05, 3.63) is 35.3 Å². The number of hydrogen-bond donors (Lipinski definition) is 2. The molecule has 2 N–H and O–H groups in total. The van der Waals surface area contributed by atoms with E-state index in [0.717, 1.165) is 13.1 Å². The largest absolute Gasteiger partial charge is 0.325 e. The van der Waals surface area contributed by atoms with Crippen LogP contribution in [-0.4, -0.2) is 61.9 Å². The highest BCUT2D eigenvalue weighted by Gasteiger charge is 2.27. The Morgan fingerprint density at radius 1 is 1.10 bits per heavy atom. The summed E-state index contributed by atoms with van der Waals surface area (Å²) in [6.07, 6.45) is 5.48. The number of sulfonamides is 1. The van der Waals surface area contributed by atoms with E-state index in [-0.39, 0.29) is 4.90 Å². The van der Waals surface area contributed by atoms with Crippen LogP contribution >= 0.6 is 11.3 Å². The molecule has 2 fully saturated rings. The zero-order chi connectivity index (χ0) is 20.4. The third-order valence-electron chi connectivity index (χ3n) is 5.46. The van der Waals surface area contributed by atoms with E-state index >= 15 is 0 Å². The fourth-order valence-corrected chi connectivity index (χ4v) is 5.78. The van der Waals surface area contributed by atoms with E-state index < -0.39 is 16.1 Å². The highest BCUT2D eigenvalue weighted by Crippen LogP contribution is 2.39. The Bertz CT molecular complexity index is 962. The average Bonchev–Trinajstić information content (AvgIpc) is 3.08. The normalized spacial score (nSPS) is 18.9. The van der Waals surface area contributed by atoms with Crippen LogP contribution in [0.25, 0.3) is 0 Å². The number of anilines is 2. The van der Waals surface area contributed by atoms with E-state index in [0.29, 0.717) is 29.8 Å². The van der Waals surface area contributed by atoms with Gasteiger partial charge in [0.15, 0.2) is 5.13 Å². The molecular formula is C19H25N5O3S2. The summed E-state index contributed by atoms with van der Waals surface area (Å²) in [5.74, 6) is 0.584. The zero-order valence-electron chi connectivity index (χ0n) is 16.3. The number of hydrogen-bond acceptors (Lipinski definition) is 6. The Labute approximate surface area is 175 Å². The maximum atomic E-state index is 12.8. The number of nitrogens with zero attached hydrogens (tertiary/aromatic N) is 3. The summed E-state index contributed by atoms with van der Waals surface area (Å²) in [7, 11) is -1.53. The Hall–Kier alpha value is -2.01. The van der Waals surface area contributed by atoms with Crippen molar-refractivity contribution in [2.24, 2.45) is 0 Å². The minimum atomic E-state index is -3.51. The number of nitrogens with one attached hydrogen (secondary N) is 2. The van der Waals surface area contributed by atoms with Gasteiger partial charge in [-0.15, -0.1) is 11.3 Å². The van der Waals surface area contributed by atoms with Crippen LogP contribution in [0.15, 0.2) is 35.4 Å². The standard InChI is InChI=1S/C19H25N5O3S2/c1-23-9-11-24(12-10-23)29(26,27)16-7-5-15(6-8-16)21-18(25)22-19-20-13-17(28-19)14-3-2-4-14/h5-8,13-14H,2-4,9-12H2,1H3,(H2,20,21,22,25). The topological polar surface area (TPSA) is 94.6 Å². The summed E-state index contributed by atoms with van der Waals surface area (Å²) in [4.78, 5) is 20.0. The summed E-state index contributed by atoms with van der Waals surface area (Å²) >= 11 is 1.51.